The molecule has 1 heterocycles. The Morgan fingerprint density at radius 2 is 0.855 bits per heavy atom. The molecule has 1 heteroatoms. The Labute approximate surface area is 328 Å². The Morgan fingerprint density at radius 3 is 1.53 bits per heavy atom. The van der Waals surface area contributed by atoms with Crippen LogP contribution in [0.1, 0.15) is 12.3 Å². The molecule has 1 nitrogen and oxygen atoms in total. The van der Waals surface area contributed by atoms with E-state index >= 15 is 0 Å². The second kappa shape index (κ2) is 10.7. The van der Waals surface area contributed by atoms with Crippen LogP contribution in [0.15, 0.2) is 186 Å². The number of rotatable bonds is 3. The number of hydrogen-bond donors (Lipinski definition) is 0. The lowest BCUT2D eigenvalue weighted by Crippen LogP contribution is -1.92. The highest BCUT2D eigenvalue weighted by molar-refractivity contribution is 6.27. The molecule has 0 aliphatic carbocycles. The minimum absolute atomic E-state index is 0.00757. The van der Waals surface area contributed by atoms with Gasteiger partial charge in [-0.1, -0.05) is 152 Å². The maximum atomic E-state index is 9.94. The average Bonchev–Trinajstić information content (AvgIpc) is 3.74. The summed E-state index contributed by atoms with van der Waals surface area (Å²) < 4.78 is 87.5. The van der Waals surface area contributed by atoms with E-state index in [4.69, 9.17) is 11.3 Å². The predicted octanol–water partition coefficient (Wildman–Crippen LogP) is 15.5. The Hall–Kier alpha value is -7.22. The van der Waals surface area contributed by atoms with E-state index in [1.54, 1.807) is 0 Å². The van der Waals surface area contributed by atoms with Gasteiger partial charge in [0, 0.05) is 10.8 Å². The fourth-order valence-corrected chi connectivity index (χ4v) is 9.10. The van der Waals surface area contributed by atoms with Crippen molar-refractivity contribution in [3.05, 3.63) is 182 Å². The molecule has 0 atom stereocenters. The average molecular weight is 704 g/mol. The van der Waals surface area contributed by atoms with E-state index in [1.807, 2.05) is 12.1 Å². The summed E-state index contributed by atoms with van der Waals surface area (Å²) in [6.07, 6.45) is 0. The summed E-state index contributed by atoms with van der Waals surface area (Å²) in [5.74, 6) is 0. The number of benzene rings is 12. The summed E-state index contributed by atoms with van der Waals surface area (Å²) >= 11 is 0. The summed E-state index contributed by atoms with van der Waals surface area (Å²) in [4.78, 5) is 0. The van der Waals surface area contributed by atoms with Gasteiger partial charge in [0.25, 0.3) is 0 Å². The monoisotopic (exact) mass is 703 g/mol. The lowest BCUT2D eigenvalue weighted by atomic mass is 9.84. The van der Waals surface area contributed by atoms with E-state index < -0.39 is 24.2 Å². The van der Waals surface area contributed by atoms with Crippen LogP contribution in [0.25, 0.3) is 131 Å². The molecule has 13 aromatic rings. The van der Waals surface area contributed by atoms with Crippen molar-refractivity contribution in [3.63, 3.8) is 0 Å². The minimum atomic E-state index is -0.540. The Bertz CT molecular complexity index is 4210. The smallest absolute Gasteiger partial charge is 0.136 e. The zero-order valence-electron chi connectivity index (χ0n) is 38.0. The fraction of sp³-hybridized carbons (Fsp3) is 0. The quantitative estimate of drug-likeness (QED) is 0.167. The second-order valence-electron chi connectivity index (χ2n) is 14.5. The molecule has 0 N–H and O–H groups in total. The van der Waals surface area contributed by atoms with E-state index in [0.717, 1.165) is 65.3 Å². The normalized spacial score (nSPS) is 14.7. The van der Waals surface area contributed by atoms with E-state index in [2.05, 4.69) is 115 Å². The van der Waals surface area contributed by atoms with Crippen molar-refractivity contribution in [3.8, 4) is 33.4 Å². The highest BCUT2D eigenvalue weighted by Crippen LogP contribution is 2.46. The van der Waals surface area contributed by atoms with Crippen LogP contribution in [0.2, 0.25) is 0 Å². The second-order valence-corrected chi connectivity index (χ2v) is 14.5. The zero-order valence-corrected chi connectivity index (χ0v) is 29.0. The SMILES string of the molecule is [2H]c1c(-c2ccc(-c3ccc4ccc5cccc6ccc3c4c56)cc2-c2ccc3ccc4cccc5ccc2c3c45)c([2H])c2c(oc3c([2H])c4c([2H])c([2H])c([2H])c([2H])c4c([2H])c32)c1[2H]. The lowest BCUT2D eigenvalue weighted by molar-refractivity contribution is 0.669. The van der Waals surface area contributed by atoms with Crippen LogP contribution in [-0.4, -0.2) is 0 Å². The molecule has 0 bridgehead atoms. The molecule has 1 aromatic heterocycles. The molecule has 252 valence electrons. The van der Waals surface area contributed by atoms with Gasteiger partial charge in [-0.15, -0.1) is 0 Å². The molecule has 0 unspecified atom stereocenters. The molecule has 12 aromatic carbocycles. The van der Waals surface area contributed by atoms with Gasteiger partial charge in [-0.05, 0) is 139 Å². The zero-order chi connectivity index (χ0) is 43.6. The van der Waals surface area contributed by atoms with E-state index in [1.165, 1.54) is 21.5 Å². The van der Waals surface area contributed by atoms with Crippen molar-refractivity contribution in [1.82, 2.24) is 0 Å². The third kappa shape index (κ3) is 4.07. The summed E-state index contributed by atoms with van der Waals surface area (Å²) in [5, 5.41) is 13.2. The maximum absolute atomic E-state index is 9.94. The van der Waals surface area contributed by atoms with Gasteiger partial charge < -0.3 is 4.42 Å². The van der Waals surface area contributed by atoms with Gasteiger partial charge in [-0.3, -0.25) is 0 Å². The summed E-state index contributed by atoms with van der Waals surface area (Å²) in [6.45, 7) is 0. The first-order chi connectivity index (χ1) is 31.0. The fourth-order valence-electron chi connectivity index (χ4n) is 9.10. The summed E-state index contributed by atoms with van der Waals surface area (Å²) in [7, 11) is 0. The Kier molecular flexibility index (Phi) is 4.29. The van der Waals surface area contributed by atoms with E-state index in [-0.39, 0.29) is 68.5 Å². The van der Waals surface area contributed by atoms with E-state index in [0.29, 0.717) is 5.56 Å². The Balaban J connectivity index is 1.15. The van der Waals surface area contributed by atoms with Crippen molar-refractivity contribution >= 4 is 97.3 Å². The lowest BCUT2D eigenvalue weighted by Gasteiger charge is -2.19. The van der Waals surface area contributed by atoms with Crippen LogP contribution in [-0.2, 0) is 0 Å². The molecule has 0 radical (unpaired) electrons. The topological polar surface area (TPSA) is 13.1 Å². The standard InChI is InChI=1S/C54H30O/c1-2-6-38-30-50-48(27-37(38)5-1)47-29-40(20-26-49(47)55-50)42-22-19-39(41-21-15-35-13-11-31-7-3-9-33-17-24-44(41)53(35)51(31)33)28-46(42)43-23-16-36-14-12-32-8-4-10-34-18-25-45(43)54(36)52(32)34/h1-30H/i1D,2D,5D,6D,20D,26D,27D,29D,30D. The van der Waals surface area contributed by atoms with Crippen molar-refractivity contribution in [1.29, 1.82) is 0 Å². The molecule has 0 saturated heterocycles. The molecule has 0 aliphatic heterocycles. The van der Waals surface area contributed by atoms with Crippen molar-refractivity contribution in [2.75, 3.05) is 0 Å². The van der Waals surface area contributed by atoms with Crippen LogP contribution in [0.4, 0.5) is 0 Å². The van der Waals surface area contributed by atoms with Crippen molar-refractivity contribution in [2.24, 2.45) is 0 Å². The largest absolute Gasteiger partial charge is 0.456 e. The first kappa shape index (κ1) is 22.1. The van der Waals surface area contributed by atoms with Crippen LogP contribution in [0, 0.1) is 0 Å². The molecule has 0 aliphatic rings. The first-order valence-corrected chi connectivity index (χ1v) is 18.3. The molecule has 0 fully saturated rings. The van der Waals surface area contributed by atoms with E-state index in [9.17, 15) is 5.48 Å². The first-order valence-electron chi connectivity index (χ1n) is 22.8. The van der Waals surface area contributed by atoms with Gasteiger partial charge in [-0.25, -0.2) is 0 Å². The number of hydrogen-bond acceptors (Lipinski definition) is 1. The number of furan rings is 1. The summed E-state index contributed by atoms with van der Waals surface area (Å²) in [5.41, 5.74) is 3.89. The van der Waals surface area contributed by atoms with Crippen molar-refractivity contribution in [2.45, 2.75) is 0 Å². The molecule has 0 spiro atoms. The maximum Gasteiger partial charge on any atom is 0.136 e. The third-order valence-electron chi connectivity index (χ3n) is 11.6. The van der Waals surface area contributed by atoms with Gasteiger partial charge in [-0.2, -0.15) is 0 Å². The van der Waals surface area contributed by atoms with Gasteiger partial charge in [0.05, 0.1) is 12.3 Å². The van der Waals surface area contributed by atoms with Crippen LogP contribution in [0.5, 0.6) is 0 Å². The molecular formula is C54H30O. The van der Waals surface area contributed by atoms with Crippen LogP contribution in [0.3, 0.4) is 0 Å². The summed E-state index contributed by atoms with van der Waals surface area (Å²) in [6, 6.07) is 40.9. The highest BCUT2D eigenvalue weighted by Gasteiger charge is 2.19. The molecule has 0 amide bonds. The van der Waals surface area contributed by atoms with Crippen LogP contribution >= 0.6 is 0 Å². The van der Waals surface area contributed by atoms with Gasteiger partial charge >= 0.3 is 0 Å². The third-order valence-corrected chi connectivity index (χ3v) is 11.6. The predicted molar refractivity (Wildman–Crippen MR) is 235 cm³/mol. The Morgan fingerprint density at radius 1 is 0.327 bits per heavy atom. The molecule has 55 heavy (non-hydrogen) atoms. The van der Waals surface area contributed by atoms with Gasteiger partial charge in [0.1, 0.15) is 11.2 Å². The highest BCUT2D eigenvalue weighted by atomic mass is 16.3. The van der Waals surface area contributed by atoms with Crippen LogP contribution < -0.4 is 0 Å². The molecule has 0 saturated carbocycles. The van der Waals surface area contributed by atoms with Gasteiger partial charge in [0.15, 0.2) is 0 Å². The minimum Gasteiger partial charge on any atom is -0.456 e. The number of fused-ring (bicyclic) bond motifs is 4. The van der Waals surface area contributed by atoms with Gasteiger partial charge in [0.2, 0.25) is 0 Å². The molecule has 13 rings (SSSR count). The van der Waals surface area contributed by atoms with Crippen molar-refractivity contribution < 1.29 is 16.8 Å². The molecular weight excluding hydrogens is 665 g/mol.